The molecular weight excluding hydrogens is 465 g/mol. The van der Waals surface area contributed by atoms with Gasteiger partial charge in [-0.05, 0) is 69.3 Å². The summed E-state index contributed by atoms with van der Waals surface area (Å²) in [5.41, 5.74) is 0.317. The van der Waals surface area contributed by atoms with Gasteiger partial charge < -0.3 is 29.8 Å². The summed E-state index contributed by atoms with van der Waals surface area (Å²) >= 11 is 0. The van der Waals surface area contributed by atoms with Gasteiger partial charge >= 0.3 is 6.03 Å². The van der Waals surface area contributed by atoms with Crippen molar-refractivity contribution in [2.75, 3.05) is 20.2 Å². The molecule has 1 aromatic carbocycles. The third-order valence-corrected chi connectivity index (χ3v) is 7.99. The maximum Gasteiger partial charge on any atom is 0.319 e. The number of aldehydes is 1. The van der Waals surface area contributed by atoms with Crippen LogP contribution in [0.2, 0.25) is 0 Å². The molecule has 2 aliphatic carbocycles. The van der Waals surface area contributed by atoms with Gasteiger partial charge in [0.15, 0.2) is 11.6 Å². The van der Waals surface area contributed by atoms with Crippen LogP contribution in [0.4, 0.5) is 9.18 Å². The molecule has 0 spiro atoms. The van der Waals surface area contributed by atoms with Gasteiger partial charge in [0.25, 0.3) is 5.91 Å². The zero-order valence-electron chi connectivity index (χ0n) is 21.3. The van der Waals surface area contributed by atoms with E-state index in [9.17, 15) is 18.8 Å². The van der Waals surface area contributed by atoms with Gasteiger partial charge in [-0.3, -0.25) is 4.79 Å². The van der Waals surface area contributed by atoms with E-state index in [-0.39, 0.29) is 40.5 Å². The first kappa shape index (κ1) is 26.2. The Morgan fingerprint density at radius 3 is 2.50 bits per heavy atom. The van der Waals surface area contributed by atoms with Gasteiger partial charge in [-0.1, -0.05) is 13.3 Å². The second kappa shape index (κ2) is 11.5. The Kier molecular flexibility index (Phi) is 8.36. The Morgan fingerprint density at radius 1 is 1.11 bits per heavy atom. The second-order valence-corrected chi connectivity index (χ2v) is 10.8. The molecule has 198 valence electrons. The van der Waals surface area contributed by atoms with Crippen molar-refractivity contribution in [2.24, 2.45) is 11.3 Å². The van der Waals surface area contributed by atoms with Crippen LogP contribution in [0.15, 0.2) is 12.1 Å². The summed E-state index contributed by atoms with van der Waals surface area (Å²) in [5, 5.41) is 6.01. The molecule has 9 heteroatoms. The molecule has 3 aliphatic rings. The van der Waals surface area contributed by atoms with Crippen LogP contribution in [0.3, 0.4) is 0 Å². The van der Waals surface area contributed by atoms with E-state index in [0.29, 0.717) is 45.2 Å². The normalized spacial score (nSPS) is 25.3. The number of hydrogen-bond acceptors (Lipinski definition) is 5. The van der Waals surface area contributed by atoms with E-state index in [4.69, 9.17) is 9.47 Å². The number of nitrogens with one attached hydrogen (secondary N) is 2. The lowest BCUT2D eigenvalue weighted by Crippen LogP contribution is -2.57. The molecule has 36 heavy (non-hydrogen) atoms. The minimum Gasteiger partial charge on any atom is -0.496 e. The lowest BCUT2D eigenvalue weighted by molar-refractivity contribution is -0.112. The van der Waals surface area contributed by atoms with Crippen LogP contribution in [0.5, 0.6) is 11.5 Å². The number of hydrogen-bond donors (Lipinski definition) is 2. The highest BCUT2D eigenvalue weighted by Crippen LogP contribution is 2.39. The highest BCUT2D eigenvalue weighted by atomic mass is 19.1. The number of ether oxygens (including phenoxy) is 2. The summed E-state index contributed by atoms with van der Waals surface area (Å²) in [6.45, 7) is 3.37. The minimum absolute atomic E-state index is 0.0116. The monoisotopic (exact) mass is 503 g/mol. The number of piperidine rings is 1. The maximum absolute atomic E-state index is 14.8. The number of rotatable bonds is 8. The number of carbonyl (C=O) groups excluding carboxylic acids is 3. The van der Waals surface area contributed by atoms with Gasteiger partial charge in [0.1, 0.15) is 18.2 Å². The smallest absolute Gasteiger partial charge is 0.319 e. The molecule has 3 fully saturated rings. The predicted octanol–water partition coefficient (Wildman–Crippen LogP) is 4.41. The molecule has 8 nitrogen and oxygen atoms in total. The average Bonchev–Trinajstić information content (AvgIpc) is 2.87. The Balaban J connectivity index is 1.43. The Morgan fingerprint density at radius 2 is 1.86 bits per heavy atom. The molecule has 4 rings (SSSR count). The first-order valence-electron chi connectivity index (χ1n) is 13.2. The molecule has 1 heterocycles. The number of nitrogens with zero attached hydrogens (tertiary/aromatic N) is 1. The van der Waals surface area contributed by atoms with E-state index in [1.165, 1.54) is 19.6 Å². The number of likely N-dealkylation sites (tertiary alicyclic amines) is 1. The molecular formula is C27H38FN3O5. The standard InChI is InChI=1S/C27H38FN3O5/c1-27(11-5-12-27)17-29-26(34)31-13-4-3-6-24(31)30-25(33)20-14-23(21(28)15-22(20)35-2)36-19-9-7-18(16-32)8-10-19/h14-16,18-19,24H,3-13,17H2,1-2H3,(H,29,34)(H,30,33). The molecule has 2 saturated carbocycles. The van der Waals surface area contributed by atoms with Crippen molar-refractivity contribution in [3.8, 4) is 11.5 Å². The summed E-state index contributed by atoms with van der Waals surface area (Å²) in [6.07, 6.45) is 8.85. The fraction of sp³-hybridized carbons (Fsp3) is 0.667. The summed E-state index contributed by atoms with van der Waals surface area (Å²) in [6, 6.07) is 2.36. The largest absolute Gasteiger partial charge is 0.496 e. The lowest BCUT2D eigenvalue weighted by Gasteiger charge is -2.40. The van der Waals surface area contributed by atoms with Crippen molar-refractivity contribution >= 4 is 18.2 Å². The molecule has 1 aromatic rings. The van der Waals surface area contributed by atoms with Gasteiger partial charge in [0.2, 0.25) is 0 Å². The van der Waals surface area contributed by atoms with Crippen LogP contribution in [-0.4, -0.2) is 55.6 Å². The van der Waals surface area contributed by atoms with Gasteiger partial charge in [-0.25, -0.2) is 9.18 Å². The number of methoxy groups -OCH3 is 1. The van der Waals surface area contributed by atoms with E-state index in [1.807, 2.05) is 0 Å². The average molecular weight is 504 g/mol. The second-order valence-electron chi connectivity index (χ2n) is 10.8. The zero-order chi connectivity index (χ0) is 25.7. The van der Waals surface area contributed by atoms with E-state index >= 15 is 0 Å². The van der Waals surface area contributed by atoms with Crippen molar-refractivity contribution in [2.45, 2.75) is 83.4 Å². The van der Waals surface area contributed by atoms with Crippen LogP contribution >= 0.6 is 0 Å². The predicted molar refractivity (Wildman–Crippen MR) is 133 cm³/mol. The Bertz CT molecular complexity index is 959. The minimum atomic E-state index is -0.607. The number of amides is 3. The molecule has 0 bridgehead atoms. The number of urea groups is 1. The summed E-state index contributed by atoms with van der Waals surface area (Å²) in [7, 11) is 1.38. The van der Waals surface area contributed by atoms with Gasteiger partial charge in [-0.2, -0.15) is 0 Å². The van der Waals surface area contributed by atoms with Crippen molar-refractivity contribution in [1.82, 2.24) is 15.5 Å². The number of benzene rings is 1. The molecule has 1 atom stereocenters. The zero-order valence-corrected chi connectivity index (χ0v) is 21.3. The molecule has 1 aliphatic heterocycles. The highest BCUT2D eigenvalue weighted by Gasteiger charge is 2.34. The Hall–Kier alpha value is -2.84. The van der Waals surface area contributed by atoms with E-state index in [1.54, 1.807) is 4.90 Å². The number of halogens is 1. The van der Waals surface area contributed by atoms with Crippen LogP contribution in [0.1, 0.15) is 81.5 Å². The first-order chi connectivity index (χ1) is 17.3. The molecule has 3 amide bonds. The van der Waals surface area contributed by atoms with Crippen molar-refractivity contribution in [3.63, 3.8) is 0 Å². The maximum atomic E-state index is 14.8. The van der Waals surface area contributed by atoms with Crippen molar-refractivity contribution < 1.29 is 28.2 Å². The van der Waals surface area contributed by atoms with Crippen LogP contribution in [0, 0.1) is 17.2 Å². The van der Waals surface area contributed by atoms with Gasteiger partial charge in [-0.15, -0.1) is 0 Å². The summed E-state index contributed by atoms with van der Waals surface area (Å²) in [5.74, 6) is -0.936. The Labute approximate surface area is 212 Å². The van der Waals surface area contributed by atoms with Crippen molar-refractivity contribution in [1.29, 1.82) is 0 Å². The van der Waals surface area contributed by atoms with Gasteiger partial charge in [0, 0.05) is 25.1 Å². The van der Waals surface area contributed by atoms with E-state index < -0.39 is 17.9 Å². The fourth-order valence-electron chi connectivity index (χ4n) is 5.40. The van der Waals surface area contributed by atoms with Crippen LogP contribution in [0.25, 0.3) is 0 Å². The third kappa shape index (κ3) is 6.10. The highest BCUT2D eigenvalue weighted by molar-refractivity contribution is 5.97. The van der Waals surface area contributed by atoms with Crippen molar-refractivity contribution in [3.05, 3.63) is 23.5 Å². The topological polar surface area (TPSA) is 97.0 Å². The molecule has 1 saturated heterocycles. The fourth-order valence-corrected chi connectivity index (χ4v) is 5.40. The summed E-state index contributed by atoms with van der Waals surface area (Å²) < 4.78 is 26.0. The molecule has 2 N–H and O–H groups in total. The molecule has 0 aromatic heterocycles. The van der Waals surface area contributed by atoms with Gasteiger partial charge in [0.05, 0.1) is 18.8 Å². The quantitative estimate of drug-likeness (QED) is 0.512. The van der Waals surface area contributed by atoms with E-state index in [0.717, 1.165) is 38.0 Å². The lowest BCUT2D eigenvalue weighted by atomic mass is 9.70. The third-order valence-electron chi connectivity index (χ3n) is 7.99. The molecule has 1 unspecified atom stereocenters. The van der Waals surface area contributed by atoms with Crippen LogP contribution in [-0.2, 0) is 4.79 Å². The SMILES string of the molecule is COc1cc(F)c(OC2CCC(C=O)CC2)cc1C(=O)NC1CCCCN1C(=O)NCC1(C)CCC1. The first-order valence-corrected chi connectivity index (χ1v) is 13.2. The number of carbonyl (C=O) groups is 3. The van der Waals surface area contributed by atoms with Crippen LogP contribution < -0.4 is 20.1 Å². The van der Waals surface area contributed by atoms with E-state index in [2.05, 4.69) is 17.6 Å². The summed E-state index contributed by atoms with van der Waals surface area (Å²) in [4.78, 5) is 38.9. The molecule has 0 radical (unpaired) electrons.